The Balaban J connectivity index is 2.46. The van der Waals surface area contributed by atoms with E-state index in [1.54, 1.807) is 0 Å². The van der Waals surface area contributed by atoms with E-state index < -0.39 is 17.7 Å². The standard InChI is InChI=1S/C11H15NO4/c1-10(2,3)8-12-7(14)4-5-11(12,6-13)9(15)16-8/h6,8H,4-5H2,1-3H3/t8?,11-/m1/s1. The maximum Gasteiger partial charge on any atom is 0.341 e. The number of esters is 1. The Kier molecular flexibility index (Phi) is 2.12. The molecule has 2 heterocycles. The lowest BCUT2D eigenvalue weighted by atomic mass is 9.92. The van der Waals surface area contributed by atoms with Gasteiger partial charge in [0, 0.05) is 11.8 Å². The van der Waals surface area contributed by atoms with Gasteiger partial charge in [-0.15, -0.1) is 0 Å². The normalized spacial score (nSPS) is 33.9. The van der Waals surface area contributed by atoms with E-state index in [9.17, 15) is 14.4 Å². The van der Waals surface area contributed by atoms with Crippen molar-refractivity contribution >= 4 is 18.2 Å². The number of hydrogen-bond acceptors (Lipinski definition) is 4. The maximum absolute atomic E-state index is 11.8. The number of ether oxygens (including phenoxy) is 1. The highest BCUT2D eigenvalue weighted by Crippen LogP contribution is 2.43. The minimum absolute atomic E-state index is 0.183. The fourth-order valence-corrected chi connectivity index (χ4v) is 2.29. The fraction of sp³-hybridized carbons (Fsp3) is 0.727. The van der Waals surface area contributed by atoms with Gasteiger partial charge in [-0.2, -0.15) is 0 Å². The van der Waals surface area contributed by atoms with Crippen LogP contribution >= 0.6 is 0 Å². The van der Waals surface area contributed by atoms with Gasteiger partial charge in [0.1, 0.15) is 0 Å². The van der Waals surface area contributed by atoms with Crippen LogP contribution in [0, 0.1) is 5.41 Å². The highest BCUT2D eigenvalue weighted by molar-refractivity contribution is 6.06. The first-order valence-electron chi connectivity index (χ1n) is 5.32. The van der Waals surface area contributed by atoms with E-state index in [1.807, 2.05) is 20.8 Å². The van der Waals surface area contributed by atoms with Gasteiger partial charge in [0.15, 0.2) is 18.1 Å². The molecule has 0 saturated carbocycles. The van der Waals surface area contributed by atoms with Crippen LogP contribution in [-0.4, -0.2) is 34.8 Å². The average molecular weight is 225 g/mol. The minimum Gasteiger partial charge on any atom is -0.439 e. The second-order valence-electron chi connectivity index (χ2n) is 5.43. The Bertz CT molecular complexity index is 371. The van der Waals surface area contributed by atoms with Crippen LogP contribution in [-0.2, 0) is 19.1 Å². The first-order valence-corrected chi connectivity index (χ1v) is 5.32. The lowest BCUT2D eigenvalue weighted by Gasteiger charge is -2.33. The summed E-state index contributed by atoms with van der Waals surface area (Å²) < 4.78 is 5.19. The second-order valence-corrected chi connectivity index (χ2v) is 5.43. The Morgan fingerprint density at radius 3 is 2.56 bits per heavy atom. The van der Waals surface area contributed by atoms with Gasteiger partial charge in [-0.05, 0) is 6.42 Å². The van der Waals surface area contributed by atoms with E-state index >= 15 is 0 Å². The third-order valence-electron chi connectivity index (χ3n) is 3.16. The van der Waals surface area contributed by atoms with Crippen LogP contribution in [0.25, 0.3) is 0 Å². The molecule has 2 rings (SSSR count). The number of carbonyl (C=O) groups excluding carboxylic acids is 3. The first kappa shape index (κ1) is 11.1. The Labute approximate surface area is 93.7 Å². The van der Waals surface area contributed by atoms with Crippen molar-refractivity contribution in [2.24, 2.45) is 5.41 Å². The van der Waals surface area contributed by atoms with Crippen molar-refractivity contribution in [2.75, 3.05) is 0 Å². The minimum atomic E-state index is -1.35. The molecule has 5 heteroatoms. The van der Waals surface area contributed by atoms with E-state index in [0.29, 0.717) is 6.29 Å². The molecule has 88 valence electrons. The van der Waals surface area contributed by atoms with Gasteiger partial charge < -0.3 is 9.53 Å². The van der Waals surface area contributed by atoms with E-state index in [0.717, 1.165) is 0 Å². The molecule has 16 heavy (non-hydrogen) atoms. The molecule has 0 aliphatic carbocycles. The van der Waals surface area contributed by atoms with Crippen molar-refractivity contribution in [3.8, 4) is 0 Å². The van der Waals surface area contributed by atoms with E-state index in [4.69, 9.17) is 4.74 Å². The second kappa shape index (κ2) is 3.06. The van der Waals surface area contributed by atoms with Crippen LogP contribution in [0.2, 0.25) is 0 Å². The fourth-order valence-electron chi connectivity index (χ4n) is 2.29. The Morgan fingerprint density at radius 1 is 1.44 bits per heavy atom. The van der Waals surface area contributed by atoms with Crippen LogP contribution < -0.4 is 0 Å². The Hall–Kier alpha value is -1.39. The van der Waals surface area contributed by atoms with E-state index in [-0.39, 0.29) is 24.2 Å². The molecule has 1 unspecified atom stereocenters. The predicted molar refractivity (Wildman–Crippen MR) is 54.2 cm³/mol. The summed E-state index contributed by atoms with van der Waals surface area (Å²) >= 11 is 0. The molecule has 0 N–H and O–H groups in total. The number of rotatable bonds is 1. The summed E-state index contributed by atoms with van der Waals surface area (Å²) in [5.74, 6) is -0.772. The van der Waals surface area contributed by atoms with Gasteiger partial charge in [-0.25, -0.2) is 4.79 Å². The molecular weight excluding hydrogens is 210 g/mol. The molecule has 2 aliphatic heterocycles. The Morgan fingerprint density at radius 2 is 2.06 bits per heavy atom. The number of carbonyl (C=O) groups is 3. The first-order chi connectivity index (χ1) is 7.33. The summed E-state index contributed by atoms with van der Waals surface area (Å²) in [5.41, 5.74) is -1.74. The molecule has 0 aromatic heterocycles. The molecule has 2 atom stereocenters. The average Bonchev–Trinajstić information content (AvgIpc) is 2.65. The zero-order valence-electron chi connectivity index (χ0n) is 9.65. The molecule has 0 aromatic carbocycles. The molecule has 0 radical (unpaired) electrons. The molecule has 0 aromatic rings. The number of aldehydes is 1. The van der Waals surface area contributed by atoms with Gasteiger partial charge in [-0.1, -0.05) is 20.8 Å². The molecule has 1 amide bonds. The zero-order valence-corrected chi connectivity index (χ0v) is 9.65. The number of fused-ring (bicyclic) bond motifs is 1. The van der Waals surface area contributed by atoms with Crippen molar-refractivity contribution in [1.29, 1.82) is 0 Å². The number of hydrogen-bond donors (Lipinski definition) is 0. The van der Waals surface area contributed by atoms with Crippen LogP contribution in [0.1, 0.15) is 33.6 Å². The summed E-state index contributed by atoms with van der Waals surface area (Å²) in [7, 11) is 0. The van der Waals surface area contributed by atoms with Crippen LogP contribution in [0.15, 0.2) is 0 Å². The topological polar surface area (TPSA) is 63.7 Å². The molecule has 2 fully saturated rings. The lowest BCUT2D eigenvalue weighted by molar-refractivity contribution is -0.151. The smallest absolute Gasteiger partial charge is 0.341 e. The highest BCUT2D eigenvalue weighted by Gasteiger charge is 2.63. The van der Waals surface area contributed by atoms with Gasteiger partial charge in [0.25, 0.3) is 0 Å². The summed E-state index contributed by atoms with van der Waals surface area (Å²) in [5, 5.41) is 0. The number of amides is 1. The van der Waals surface area contributed by atoms with Gasteiger partial charge in [0.2, 0.25) is 5.91 Å². The quantitative estimate of drug-likeness (QED) is 0.370. The highest BCUT2D eigenvalue weighted by atomic mass is 16.6. The molecule has 2 aliphatic rings. The summed E-state index contributed by atoms with van der Waals surface area (Å²) in [4.78, 5) is 36.0. The van der Waals surface area contributed by atoms with Gasteiger partial charge in [0.05, 0.1) is 0 Å². The van der Waals surface area contributed by atoms with E-state index in [2.05, 4.69) is 0 Å². The van der Waals surface area contributed by atoms with Crippen LogP contribution in [0.5, 0.6) is 0 Å². The molecule has 5 nitrogen and oxygen atoms in total. The molecule has 0 bridgehead atoms. The van der Waals surface area contributed by atoms with Crippen molar-refractivity contribution < 1.29 is 19.1 Å². The third-order valence-corrected chi connectivity index (χ3v) is 3.16. The summed E-state index contributed by atoms with van der Waals surface area (Å²) in [6, 6.07) is 0. The van der Waals surface area contributed by atoms with Crippen molar-refractivity contribution in [1.82, 2.24) is 4.90 Å². The SMILES string of the molecule is CC(C)(C)C1OC(=O)[C@]2(C=O)CCC(=O)N12. The molecule has 2 saturated heterocycles. The molecular formula is C11H15NO4. The van der Waals surface area contributed by atoms with Gasteiger partial charge >= 0.3 is 5.97 Å². The summed E-state index contributed by atoms with van der Waals surface area (Å²) in [6.45, 7) is 5.62. The third kappa shape index (κ3) is 1.20. The largest absolute Gasteiger partial charge is 0.439 e. The lowest BCUT2D eigenvalue weighted by Crippen LogP contribution is -2.51. The van der Waals surface area contributed by atoms with E-state index in [1.165, 1.54) is 4.90 Å². The van der Waals surface area contributed by atoms with Crippen molar-refractivity contribution in [3.63, 3.8) is 0 Å². The van der Waals surface area contributed by atoms with Crippen molar-refractivity contribution in [2.45, 2.75) is 45.4 Å². The molecule has 0 spiro atoms. The monoisotopic (exact) mass is 225 g/mol. The number of cyclic esters (lactones) is 1. The summed E-state index contributed by atoms with van der Waals surface area (Å²) in [6.07, 6.45) is 0.382. The van der Waals surface area contributed by atoms with Gasteiger partial charge in [-0.3, -0.25) is 9.69 Å². The number of nitrogens with zero attached hydrogens (tertiary/aromatic N) is 1. The van der Waals surface area contributed by atoms with Crippen molar-refractivity contribution in [3.05, 3.63) is 0 Å². The maximum atomic E-state index is 11.8. The van der Waals surface area contributed by atoms with Crippen LogP contribution in [0.4, 0.5) is 0 Å². The zero-order chi connectivity index (χ0) is 12.1. The predicted octanol–water partition coefficient (Wildman–Crippen LogP) is 0.475. The van der Waals surface area contributed by atoms with Crippen LogP contribution in [0.3, 0.4) is 0 Å².